The number of carboxylic acids is 1. The minimum absolute atomic E-state index is 0.150. The van der Waals surface area contributed by atoms with Crippen LogP contribution >= 0.6 is 0 Å². The Morgan fingerprint density at radius 2 is 2.05 bits per heavy atom. The molecule has 3 unspecified atom stereocenters. The van der Waals surface area contributed by atoms with Crippen molar-refractivity contribution in [1.82, 2.24) is 25.4 Å². The van der Waals surface area contributed by atoms with Crippen molar-refractivity contribution in [3.63, 3.8) is 0 Å². The molecular formula is C12H21N5O3. The maximum absolute atomic E-state index is 11.9. The molecule has 1 rings (SSSR count). The number of amides is 2. The summed E-state index contributed by atoms with van der Waals surface area (Å²) in [6, 6.07) is -1.81. The van der Waals surface area contributed by atoms with E-state index in [0.717, 1.165) is 0 Å². The Bertz CT molecular complexity index is 473. The SMILES string of the molecule is CCC(C)C(NC(=O)NC(C)c1nncn1C)C(=O)O. The number of hydrogen-bond donors (Lipinski definition) is 3. The molecule has 2 amide bonds. The molecule has 3 atom stereocenters. The van der Waals surface area contributed by atoms with E-state index >= 15 is 0 Å². The Morgan fingerprint density at radius 1 is 1.40 bits per heavy atom. The lowest BCUT2D eigenvalue weighted by Crippen LogP contribution is -2.49. The number of nitrogens with zero attached hydrogens (tertiary/aromatic N) is 3. The number of carboxylic acid groups (broad SMARTS) is 1. The van der Waals surface area contributed by atoms with Crippen LogP contribution in [0.5, 0.6) is 0 Å². The topological polar surface area (TPSA) is 109 Å². The Balaban J connectivity index is 2.62. The Kier molecular flexibility index (Phi) is 5.48. The number of rotatable bonds is 6. The van der Waals surface area contributed by atoms with Gasteiger partial charge in [0.1, 0.15) is 12.4 Å². The lowest BCUT2D eigenvalue weighted by Gasteiger charge is -2.21. The van der Waals surface area contributed by atoms with E-state index in [2.05, 4.69) is 20.8 Å². The van der Waals surface area contributed by atoms with Gasteiger partial charge >= 0.3 is 12.0 Å². The average molecular weight is 283 g/mol. The van der Waals surface area contributed by atoms with Crippen molar-refractivity contribution in [3.8, 4) is 0 Å². The third kappa shape index (κ3) is 3.94. The highest BCUT2D eigenvalue weighted by Gasteiger charge is 2.26. The zero-order valence-corrected chi connectivity index (χ0v) is 12.1. The maximum Gasteiger partial charge on any atom is 0.326 e. The number of carbonyl (C=O) groups excluding carboxylic acids is 1. The molecule has 1 heterocycles. The second-order valence-corrected chi connectivity index (χ2v) is 4.84. The molecule has 0 bridgehead atoms. The Labute approximate surface area is 117 Å². The van der Waals surface area contributed by atoms with Crippen LogP contribution in [-0.2, 0) is 11.8 Å². The van der Waals surface area contributed by atoms with Crippen molar-refractivity contribution in [1.29, 1.82) is 0 Å². The summed E-state index contributed by atoms with van der Waals surface area (Å²) in [5.41, 5.74) is 0. The number of aliphatic carboxylic acids is 1. The summed E-state index contributed by atoms with van der Waals surface area (Å²) < 4.78 is 1.69. The van der Waals surface area contributed by atoms with E-state index in [0.29, 0.717) is 12.2 Å². The molecule has 112 valence electrons. The lowest BCUT2D eigenvalue weighted by atomic mass is 9.99. The summed E-state index contributed by atoms with van der Waals surface area (Å²) >= 11 is 0. The molecule has 0 aliphatic carbocycles. The lowest BCUT2D eigenvalue weighted by molar-refractivity contribution is -0.140. The number of urea groups is 1. The fourth-order valence-corrected chi connectivity index (χ4v) is 1.81. The molecule has 0 saturated carbocycles. The molecule has 0 aliphatic rings. The van der Waals surface area contributed by atoms with Crippen LogP contribution in [0.15, 0.2) is 6.33 Å². The van der Waals surface area contributed by atoms with Gasteiger partial charge in [-0.1, -0.05) is 20.3 Å². The van der Waals surface area contributed by atoms with Crippen LogP contribution in [0.25, 0.3) is 0 Å². The fourth-order valence-electron chi connectivity index (χ4n) is 1.81. The molecule has 0 radical (unpaired) electrons. The molecule has 0 saturated heterocycles. The third-order valence-electron chi connectivity index (χ3n) is 3.25. The highest BCUT2D eigenvalue weighted by Crippen LogP contribution is 2.09. The van der Waals surface area contributed by atoms with Gasteiger partial charge in [-0.3, -0.25) is 0 Å². The van der Waals surface area contributed by atoms with E-state index in [1.807, 2.05) is 6.92 Å². The minimum atomic E-state index is -1.04. The summed E-state index contributed by atoms with van der Waals surface area (Å²) in [5, 5.41) is 21.9. The van der Waals surface area contributed by atoms with Gasteiger partial charge in [0.25, 0.3) is 0 Å². The van der Waals surface area contributed by atoms with Crippen LogP contribution in [0, 0.1) is 5.92 Å². The third-order valence-corrected chi connectivity index (χ3v) is 3.25. The first-order chi connectivity index (χ1) is 9.36. The maximum atomic E-state index is 11.9. The van der Waals surface area contributed by atoms with Gasteiger partial charge in [0, 0.05) is 7.05 Å². The predicted octanol–water partition coefficient (Wildman–Crippen LogP) is 0.675. The number of carbonyl (C=O) groups is 2. The van der Waals surface area contributed by atoms with Crippen molar-refractivity contribution in [2.24, 2.45) is 13.0 Å². The van der Waals surface area contributed by atoms with Gasteiger partial charge in [-0.25, -0.2) is 9.59 Å². The van der Waals surface area contributed by atoms with Crippen LogP contribution < -0.4 is 10.6 Å². The normalized spacial score (nSPS) is 15.2. The summed E-state index contributed by atoms with van der Waals surface area (Å²) in [6.07, 6.45) is 2.20. The number of hydrogen-bond acceptors (Lipinski definition) is 4. The first kappa shape index (κ1) is 15.9. The van der Waals surface area contributed by atoms with Gasteiger partial charge < -0.3 is 20.3 Å². The van der Waals surface area contributed by atoms with E-state index in [9.17, 15) is 9.59 Å². The van der Waals surface area contributed by atoms with Crippen molar-refractivity contribution < 1.29 is 14.7 Å². The molecular weight excluding hydrogens is 262 g/mol. The summed E-state index contributed by atoms with van der Waals surface area (Å²) in [4.78, 5) is 23.0. The van der Waals surface area contributed by atoms with E-state index in [4.69, 9.17) is 5.11 Å². The smallest absolute Gasteiger partial charge is 0.326 e. The molecule has 3 N–H and O–H groups in total. The Morgan fingerprint density at radius 3 is 2.50 bits per heavy atom. The first-order valence-electron chi connectivity index (χ1n) is 6.50. The number of aryl methyl sites for hydroxylation is 1. The molecule has 8 heteroatoms. The molecule has 0 spiro atoms. The van der Waals surface area contributed by atoms with E-state index in [1.165, 1.54) is 6.33 Å². The average Bonchev–Trinajstić information content (AvgIpc) is 2.81. The first-order valence-corrected chi connectivity index (χ1v) is 6.50. The highest BCUT2D eigenvalue weighted by molar-refractivity contribution is 5.82. The summed E-state index contributed by atoms with van der Waals surface area (Å²) in [7, 11) is 1.77. The van der Waals surface area contributed by atoms with Crippen molar-refractivity contribution in [2.75, 3.05) is 0 Å². The van der Waals surface area contributed by atoms with Gasteiger partial charge in [0.15, 0.2) is 5.82 Å². The van der Waals surface area contributed by atoms with Crippen LogP contribution in [0.1, 0.15) is 39.1 Å². The van der Waals surface area contributed by atoms with Gasteiger partial charge in [0.05, 0.1) is 6.04 Å². The van der Waals surface area contributed by atoms with Gasteiger partial charge in [-0.15, -0.1) is 10.2 Å². The van der Waals surface area contributed by atoms with Gasteiger partial charge in [0.2, 0.25) is 0 Å². The molecule has 0 aliphatic heterocycles. The van der Waals surface area contributed by atoms with Crippen LogP contribution in [0.2, 0.25) is 0 Å². The zero-order valence-electron chi connectivity index (χ0n) is 12.1. The molecule has 0 fully saturated rings. The van der Waals surface area contributed by atoms with Crippen molar-refractivity contribution in [3.05, 3.63) is 12.2 Å². The van der Waals surface area contributed by atoms with Crippen molar-refractivity contribution >= 4 is 12.0 Å². The standard InChI is InChI=1S/C12H21N5O3/c1-5-7(2)9(11(18)19)15-12(20)14-8(3)10-16-13-6-17(10)4/h6-9H,5H2,1-4H3,(H,18,19)(H2,14,15,20). The van der Waals surface area contributed by atoms with Gasteiger partial charge in [-0.2, -0.15) is 0 Å². The van der Waals surface area contributed by atoms with Gasteiger partial charge in [-0.05, 0) is 12.8 Å². The minimum Gasteiger partial charge on any atom is -0.480 e. The molecule has 20 heavy (non-hydrogen) atoms. The van der Waals surface area contributed by atoms with Crippen LogP contribution in [0.4, 0.5) is 4.79 Å². The Hall–Kier alpha value is -2.12. The zero-order chi connectivity index (χ0) is 15.3. The number of nitrogens with one attached hydrogen (secondary N) is 2. The van der Waals surface area contributed by atoms with Crippen molar-refractivity contribution in [2.45, 2.75) is 39.3 Å². The summed E-state index contributed by atoms with van der Waals surface area (Å²) in [5.74, 6) is -0.597. The van der Waals surface area contributed by atoms with E-state index < -0.39 is 18.0 Å². The highest BCUT2D eigenvalue weighted by atomic mass is 16.4. The second kappa shape index (κ2) is 6.88. The fraction of sp³-hybridized carbons (Fsp3) is 0.667. The number of aromatic nitrogens is 3. The van der Waals surface area contributed by atoms with E-state index in [-0.39, 0.29) is 12.0 Å². The monoisotopic (exact) mass is 283 g/mol. The predicted molar refractivity (Wildman–Crippen MR) is 72.0 cm³/mol. The summed E-state index contributed by atoms with van der Waals surface area (Å²) in [6.45, 7) is 5.41. The second-order valence-electron chi connectivity index (χ2n) is 4.84. The quantitative estimate of drug-likeness (QED) is 0.711. The molecule has 0 aromatic carbocycles. The largest absolute Gasteiger partial charge is 0.480 e. The molecule has 1 aromatic heterocycles. The molecule has 1 aromatic rings. The van der Waals surface area contributed by atoms with E-state index in [1.54, 1.807) is 25.5 Å². The van der Waals surface area contributed by atoms with Crippen LogP contribution in [-0.4, -0.2) is 37.9 Å². The molecule has 8 nitrogen and oxygen atoms in total. The van der Waals surface area contributed by atoms with Crippen LogP contribution in [0.3, 0.4) is 0 Å².